The fraction of sp³-hybridized carbons (Fsp3) is 0.133. The number of rotatable bonds is 8. The zero-order chi connectivity index (χ0) is 26.5. The number of carbonyl (C=O) groups is 1. The molecule has 0 aliphatic carbocycles. The lowest BCUT2D eigenvalue weighted by atomic mass is 10.1. The van der Waals surface area contributed by atoms with Crippen LogP contribution in [0.2, 0.25) is 0 Å². The molecule has 8 heteroatoms. The molecule has 0 N–H and O–H groups in total. The number of carbonyl (C=O) groups excluding carboxylic acids is 1. The summed E-state index contributed by atoms with van der Waals surface area (Å²) in [4.78, 5) is 20.4. The average molecular weight is 590 g/mol. The van der Waals surface area contributed by atoms with E-state index in [1.165, 1.54) is 17.3 Å². The first-order valence-corrected chi connectivity index (χ1v) is 13.5. The van der Waals surface area contributed by atoms with E-state index < -0.39 is 0 Å². The van der Waals surface area contributed by atoms with Gasteiger partial charge in [-0.1, -0.05) is 64.0 Å². The molecule has 4 aromatic rings. The van der Waals surface area contributed by atoms with Gasteiger partial charge in [0, 0.05) is 4.47 Å². The summed E-state index contributed by atoms with van der Waals surface area (Å²) in [5, 5.41) is 0.588. The Morgan fingerprint density at radius 1 is 1.03 bits per heavy atom. The number of ether oxygens (including phenoxy) is 2. The highest BCUT2D eigenvalue weighted by Gasteiger charge is 2.34. The van der Waals surface area contributed by atoms with Crippen molar-refractivity contribution >= 4 is 50.5 Å². The molecule has 0 atom stereocenters. The molecular formula is C30H25BrN2O4S. The van der Waals surface area contributed by atoms with Crippen LogP contribution in [0.25, 0.3) is 6.08 Å². The zero-order valence-electron chi connectivity index (χ0n) is 20.9. The minimum absolute atomic E-state index is 0.147. The number of benzene rings is 3. The number of aryl methyl sites for hydroxylation is 1. The van der Waals surface area contributed by atoms with E-state index in [1.807, 2.05) is 66.7 Å². The van der Waals surface area contributed by atoms with Gasteiger partial charge in [-0.05, 0) is 72.3 Å². The fourth-order valence-corrected chi connectivity index (χ4v) is 5.25. The van der Waals surface area contributed by atoms with Crippen LogP contribution in [-0.4, -0.2) is 23.1 Å². The molecule has 192 valence electrons. The highest BCUT2D eigenvalue weighted by atomic mass is 79.9. The normalized spacial score (nSPS) is 15.4. The summed E-state index contributed by atoms with van der Waals surface area (Å²) >= 11 is 4.97. The molecule has 0 radical (unpaired) electrons. The van der Waals surface area contributed by atoms with Gasteiger partial charge in [0.25, 0.3) is 5.91 Å². The number of amides is 1. The lowest BCUT2D eigenvalue weighted by Crippen LogP contribution is -2.28. The molecule has 1 amide bonds. The number of aliphatic imine (C=N–C) groups is 1. The van der Waals surface area contributed by atoms with Crippen LogP contribution in [0.15, 0.2) is 104 Å². The van der Waals surface area contributed by atoms with Crippen LogP contribution in [0.5, 0.6) is 11.5 Å². The Kier molecular flexibility index (Phi) is 8.00. The van der Waals surface area contributed by atoms with Gasteiger partial charge in [-0.15, -0.1) is 0 Å². The van der Waals surface area contributed by atoms with Crippen LogP contribution in [0.1, 0.15) is 22.5 Å². The summed E-state index contributed by atoms with van der Waals surface area (Å²) < 4.78 is 18.0. The molecule has 1 aromatic heterocycles. The van der Waals surface area contributed by atoms with E-state index >= 15 is 0 Å². The van der Waals surface area contributed by atoms with E-state index in [1.54, 1.807) is 24.3 Å². The van der Waals surface area contributed by atoms with Crippen molar-refractivity contribution in [3.05, 3.63) is 117 Å². The number of methoxy groups -OCH3 is 1. The van der Waals surface area contributed by atoms with Crippen molar-refractivity contribution in [1.29, 1.82) is 0 Å². The highest BCUT2D eigenvalue weighted by molar-refractivity contribution is 9.10. The van der Waals surface area contributed by atoms with Gasteiger partial charge in [-0.25, -0.2) is 4.99 Å². The fourth-order valence-electron chi connectivity index (χ4n) is 3.82. The van der Waals surface area contributed by atoms with Crippen LogP contribution in [-0.2, 0) is 17.9 Å². The Hall–Kier alpha value is -3.75. The van der Waals surface area contributed by atoms with Gasteiger partial charge in [0.2, 0.25) is 0 Å². The average Bonchev–Trinajstić information content (AvgIpc) is 3.54. The molecule has 0 unspecified atom stereocenters. The zero-order valence-corrected chi connectivity index (χ0v) is 23.3. The number of nitrogens with zero attached hydrogens (tertiary/aromatic N) is 2. The Morgan fingerprint density at radius 3 is 2.53 bits per heavy atom. The standard InChI is InChI=1S/C30H25BrN2O4S/c1-20-10-12-21(13-11-20)19-37-27-17-25(31)22(15-26(27)35-2)16-28-29(34)33(18-24-9-6-14-36-24)30(38-28)32-23-7-4-3-5-8-23/h3-17H,18-19H2,1-2H3/b28-16-,32-30?. The Balaban J connectivity index is 1.42. The van der Waals surface area contributed by atoms with Gasteiger partial charge >= 0.3 is 0 Å². The Morgan fingerprint density at radius 2 is 1.82 bits per heavy atom. The summed E-state index contributed by atoms with van der Waals surface area (Å²) in [6.45, 7) is 2.76. The van der Waals surface area contributed by atoms with Crippen LogP contribution in [0.3, 0.4) is 0 Å². The van der Waals surface area contributed by atoms with Crippen molar-refractivity contribution in [2.45, 2.75) is 20.1 Å². The molecule has 6 nitrogen and oxygen atoms in total. The molecule has 38 heavy (non-hydrogen) atoms. The molecule has 0 saturated carbocycles. The Labute approximate surface area is 234 Å². The Bertz CT molecular complexity index is 1480. The minimum atomic E-state index is -0.147. The number of hydrogen-bond donors (Lipinski definition) is 0. The van der Waals surface area contributed by atoms with Crippen LogP contribution >= 0.6 is 27.7 Å². The van der Waals surface area contributed by atoms with Crippen molar-refractivity contribution in [3.63, 3.8) is 0 Å². The molecule has 1 aliphatic heterocycles. The van der Waals surface area contributed by atoms with E-state index in [-0.39, 0.29) is 12.5 Å². The lowest BCUT2D eigenvalue weighted by Gasteiger charge is -2.14. The number of halogens is 1. The largest absolute Gasteiger partial charge is 0.493 e. The highest BCUT2D eigenvalue weighted by Crippen LogP contribution is 2.39. The third-order valence-electron chi connectivity index (χ3n) is 5.85. The maximum atomic E-state index is 13.5. The smallest absolute Gasteiger partial charge is 0.267 e. The third-order valence-corrected chi connectivity index (χ3v) is 7.54. The van der Waals surface area contributed by atoms with Gasteiger partial charge < -0.3 is 13.9 Å². The lowest BCUT2D eigenvalue weighted by molar-refractivity contribution is -0.122. The van der Waals surface area contributed by atoms with Crippen molar-refractivity contribution in [2.24, 2.45) is 4.99 Å². The third kappa shape index (κ3) is 6.03. The number of amidine groups is 1. The predicted molar refractivity (Wildman–Crippen MR) is 155 cm³/mol. The van der Waals surface area contributed by atoms with E-state index in [4.69, 9.17) is 18.9 Å². The van der Waals surface area contributed by atoms with Crippen LogP contribution in [0, 0.1) is 6.92 Å². The maximum Gasteiger partial charge on any atom is 0.267 e. The van der Waals surface area contributed by atoms with Gasteiger partial charge in [-0.2, -0.15) is 0 Å². The topological polar surface area (TPSA) is 64.3 Å². The van der Waals surface area contributed by atoms with Crippen molar-refractivity contribution < 1.29 is 18.7 Å². The first-order valence-electron chi connectivity index (χ1n) is 11.9. The molecule has 1 aliphatic rings. The SMILES string of the molecule is COc1cc(/C=C2\SC(=Nc3ccccc3)N(Cc3ccco3)C2=O)c(Br)cc1OCc1ccc(C)cc1. The van der Waals surface area contributed by atoms with E-state index in [9.17, 15) is 4.79 Å². The van der Waals surface area contributed by atoms with Crippen LogP contribution in [0.4, 0.5) is 5.69 Å². The second kappa shape index (κ2) is 11.8. The molecular weight excluding hydrogens is 564 g/mol. The number of hydrogen-bond acceptors (Lipinski definition) is 6. The van der Waals surface area contributed by atoms with E-state index in [2.05, 4.69) is 35.0 Å². The van der Waals surface area contributed by atoms with Crippen LogP contribution < -0.4 is 9.47 Å². The molecule has 0 spiro atoms. The van der Waals surface area contributed by atoms with E-state index in [0.29, 0.717) is 33.9 Å². The van der Waals surface area contributed by atoms with Gasteiger partial charge in [0.05, 0.1) is 30.5 Å². The number of thioether (sulfide) groups is 1. The van der Waals surface area contributed by atoms with Gasteiger partial charge in [-0.3, -0.25) is 9.69 Å². The minimum Gasteiger partial charge on any atom is -0.493 e. The van der Waals surface area contributed by atoms with Gasteiger partial charge in [0.1, 0.15) is 12.4 Å². The quantitative estimate of drug-likeness (QED) is 0.197. The maximum absolute atomic E-state index is 13.5. The number of para-hydroxylation sites is 1. The molecule has 3 aromatic carbocycles. The summed E-state index contributed by atoms with van der Waals surface area (Å²) in [6, 6.07) is 25.1. The summed E-state index contributed by atoms with van der Waals surface area (Å²) in [6.07, 6.45) is 3.44. The van der Waals surface area contributed by atoms with Gasteiger partial charge in [0.15, 0.2) is 16.7 Å². The molecule has 0 bridgehead atoms. The molecule has 1 saturated heterocycles. The van der Waals surface area contributed by atoms with E-state index in [0.717, 1.165) is 21.3 Å². The first kappa shape index (κ1) is 25.9. The molecule has 2 heterocycles. The van der Waals surface area contributed by atoms with Crippen molar-refractivity contribution in [1.82, 2.24) is 4.90 Å². The molecule has 5 rings (SSSR count). The second-order valence-corrected chi connectivity index (χ2v) is 10.5. The first-order chi connectivity index (χ1) is 18.5. The van der Waals surface area contributed by atoms with Crippen molar-refractivity contribution in [3.8, 4) is 11.5 Å². The summed E-state index contributed by atoms with van der Waals surface area (Å²) in [5.74, 6) is 1.72. The number of furan rings is 1. The molecule has 1 fully saturated rings. The predicted octanol–water partition coefficient (Wildman–Crippen LogP) is 7.74. The monoisotopic (exact) mass is 588 g/mol. The summed E-state index contributed by atoms with van der Waals surface area (Å²) in [7, 11) is 1.60. The summed E-state index contributed by atoms with van der Waals surface area (Å²) in [5.41, 5.74) is 3.83. The second-order valence-electron chi connectivity index (χ2n) is 8.61. The van der Waals surface area contributed by atoms with Crippen molar-refractivity contribution in [2.75, 3.05) is 7.11 Å².